The van der Waals surface area contributed by atoms with Gasteiger partial charge in [-0.05, 0) is 6.07 Å². The SMILES string of the molecule is O=Cc1cccc(C(O)C(O)CS)c1O. The van der Waals surface area contributed by atoms with Gasteiger partial charge in [-0.2, -0.15) is 12.6 Å². The van der Waals surface area contributed by atoms with Gasteiger partial charge in [0.05, 0.1) is 11.7 Å². The number of rotatable bonds is 4. The summed E-state index contributed by atoms with van der Waals surface area (Å²) < 4.78 is 0. The van der Waals surface area contributed by atoms with Crippen molar-refractivity contribution in [2.45, 2.75) is 12.2 Å². The van der Waals surface area contributed by atoms with E-state index >= 15 is 0 Å². The van der Waals surface area contributed by atoms with Crippen molar-refractivity contribution in [1.29, 1.82) is 0 Å². The molecular formula is C10H12O4S. The monoisotopic (exact) mass is 228 g/mol. The van der Waals surface area contributed by atoms with Crippen LogP contribution in [0.1, 0.15) is 22.0 Å². The summed E-state index contributed by atoms with van der Waals surface area (Å²) in [4.78, 5) is 10.5. The fraction of sp³-hybridized carbons (Fsp3) is 0.300. The summed E-state index contributed by atoms with van der Waals surface area (Å²) in [7, 11) is 0. The van der Waals surface area contributed by atoms with Gasteiger partial charge in [-0.1, -0.05) is 12.1 Å². The first kappa shape index (κ1) is 12.0. The van der Waals surface area contributed by atoms with E-state index in [1.807, 2.05) is 0 Å². The lowest BCUT2D eigenvalue weighted by Gasteiger charge is -2.17. The second-order valence-electron chi connectivity index (χ2n) is 3.10. The van der Waals surface area contributed by atoms with Gasteiger partial charge in [0.1, 0.15) is 11.9 Å². The van der Waals surface area contributed by atoms with Gasteiger partial charge in [-0.3, -0.25) is 4.79 Å². The van der Waals surface area contributed by atoms with Crippen molar-refractivity contribution in [3.8, 4) is 5.75 Å². The van der Waals surface area contributed by atoms with Crippen LogP contribution in [0.5, 0.6) is 5.75 Å². The van der Waals surface area contributed by atoms with Crippen LogP contribution in [0.2, 0.25) is 0 Å². The number of phenolic OH excluding ortho intramolecular Hbond substituents is 1. The van der Waals surface area contributed by atoms with Gasteiger partial charge in [0.2, 0.25) is 0 Å². The summed E-state index contributed by atoms with van der Waals surface area (Å²) >= 11 is 3.83. The van der Waals surface area contributed by atoms with Crippen molar-refractivity contribution >= 4 is 18.9 Å². The first-order chi connectivity index (χ1) is 7.11. The van der Waals surface area contributed by atoms with Crippen LogP contribution in [-0.4, -0.2) is 33.5 Å². The molecule has 82 valence electrons. The lowest BCUT2D eigenvalue weighted by atomic mass is 10.0. The predicted molar refractivity (Wildman–Crippen MR) is 58.3 cm³/mol. The molecule has 2 unspecified atom stereocenters. The minimum Gasteiger partial charge on any atom is -0.507 e. The van der Waals surface area contributed by atoms with Crippen molar-refractivity contribution < 1.29 is 20.1 Å². The first-order valence-electron chi connectivity index (χ1n) is 4.35. The molecule has 15 heavy (non-hydrogen) atoms. The molecular weight excluding hydrogens is 216 g/mol. The molecule has 0 spiro atoms. The second kappa shape index (κ2) is 5.16. The molecule has 2 atom stereocenters. The van der Waals surface area contributed by atoms with Gasteiger partial charge < -0.3 is 15.3 Å². The second-order valence-corrected chi connectivity index (χ2v) is 3.46. The summed E-state index contributed by atoms with van der Waals surface area (Å²) in [6.07, 6.45) is -1.85. The van der Waals surface area contributed by atoms with E-state index in [1.54, 1.807) is 0 Å². The van der Waals surface area contributed by atoms with Crippen LogP contribution in [0.15, 0.2) is 18.2 Å². The average Bonchev–Trinajstić information content (AvgIpc) is 2.27. The number of para-hydroxylation sites is 1. The number of thiol groups is 1. The number of aldehydes is 1. The predicted octanol–water partition coefficient (Wildman–Crippen LogP) is 0.529. The molecule has 0 aliphatic carbocycles. The molecule has 0 amide bonds. The van der Waals surface area contributed by atoms with Crippen molar-refractivity contribution in [3.63, 3.8) is 0 Å². The number of aliphatic hydroxyl groups excluding tert-OH is 2. The van der Waals surface area contributed by atoms with Gasteiger partial charge in [0.25, 0.3) is 0 Å². The van der Waals surface area contributed by atoms with Gasteiger partial charge in [0.15, 0.2) is 6.29 Å². The third-order valence-electron chi connectivity index (χ3n) is 2.10. The molecule has 0 saturated heterocycles. The summed E-state index contributed by atoms with van der Waals surface area (Å²) in [5.41, 5.74) is 0.207. The molecule has 1 aromatic rings. The Bertz CT molecular complexity index is 353. The molecule has 0 aliphatic rings. The minimum absolute atomic E-state index is 0.0614. The van der Waals surface area contributed by atoms with E-state index in [-0.39, 0.29) is 22.6 Å². The quantitative estimate of drug-likeness (QED) is 0.448. The van der Waals surface area contributed by atoms with Crippen molar-refractivity contribution in [1.82, 2.24) is 0 Å². The zero-order chi connectivity index (χ0) is 11.4. The Balaban J connectivity index is 3.09. The number of aromatic hydroxyl groups is 1. The zero-order valence-electron chi connectivity index (χ0n) is 7.87. The number of aliphatic hydroxyl groups is 2. The van der Waals surface area contributed by atoms with Crippen LogP contribution >= 0.6 is 12.6 Å². The van der Waals surface area contributed by atoms with E-state index in [2.05, 4.69) is 12.6 Å². The third kappa shape index (κ3) is 2.50. The number of benzene rings is 1. The Morgan fingerprint density at radius 3 is 2.60 bits per heavy atom. The molecule has 0 fully saturated rings. The van der Waals surface area contributed by atoms with Crippen LogP contribution in [0, 0.1) is 0 Å². The third-order valence-corrected chi connectivity index (χ3v) is 2.47. The van der Waals surface area contributed by atoms with Crippen LogP contribution in [0.3, 0.4) is 0 Å². The summed E-state index contributed by atoms with van der Waals surface area (Å²) in [6.45, 7) is 0. The summed E-state index contributed by atoms with van der Waals surface area (Å²) in [6, 6.07) is 4.39. The highest BCUT2D eigenvalue weighted by atomic mass is 32.1. The van der Waals surface area contributed by atoms with Crippen molar-refractivity contribution in [2.24, 2.45) is 0 Å². The van der Waals surface area contributed by atoms with E-state index in [0.29, 0.717) is 6.29 Å². The van der Waals surface area contributed by atoms with Crippen LogP contribution in [0.25, 0.3) is 0 Å². The molecule has 0 aliphatic heterocycles. The highest BCUT2D eigenvalue weighted by Gasteiger charge is 2.21. The smallest absolute Gasteiger partial charge is 0.153 e. The Labute approximate surface area is 92.6 Å². The van der Waals surface area contributed by atoms with Gasteiger partial charge >= 0.3 is 0 Å². The molecule has 4 nitrogen and oxygen atoms in total. The number of hydrogen-bond donors (Lipinski definition) is 4. The van der Waals surface area contributed by atoms with Crippen molar-refractivity contribution in [2.75, 3.05) is 5.75 Å². The Morgan fingerprint density at radius 1 is 1.40 bits per heavy atom. The molecule has 0 saturated carbocycles. The largest absolute Gasteiger partial charge is 0.507 e. The molecule has 0 radical (unpaired) electrons. The van der Waals surface area contributed by atoms with E-state index in [4.69, 9.17) is 0 Å². The van der Waals surface area contributed by atoms with E-state index in [0.717, 1.165) is 0 Å². The molecule has 1 aromatic carbocycles. The van der Waals surface area contributed by atoms with E-state index in [1.165, 1.54) is 18.2 Å². The number of hydrogen-bond acceptors (Lipinski definition) is 5. The fourth-order valence-electron chi connectivity index (χ4n) is 1.22. The Hall–Kier alpha value is -1.04. The van der Waals surface area contributed by atoms with Gasteiger partial charge in [0, 0.05) is 11.3 Å². The van der Waals surface area contributed by atoms with Gasteiger partial charge in [-0.25, -0.2) is 0 Å². The highest BCUT2D eigenvalue weighted by Crippen LogP contribution is 2.29. The lowest BCUT2D eigenvalue weighted by molar-refractivity contribution is 0.0322. The summed E-state index contributed by atoms with van der Waals surface area (Å²) in [5.74, 6) is -0.243. The average molecular weight is 228 g/mol. The van der Waals surface area contributed by atoms with Crippen LogP contribution in [-0.2, 0) is 0 Å². The topological polar surface area (TPSA) is 77.8 Å². The molecule has 0 aromatic heterocycles. The maximum atomic E-state index is 10.5. The lowest BCUT2D eigenvalue weighted by Crippen LogP contribution is -2.20. The minimum atomic E-state index is -1.25. The zero-order valence-corrected chi connectivity index (χ0v) is 8.76. The Morgan fingerprint density at radius 2 is 2.07 bits per heavy atom. The van der Waals surface area contributed by atoms with Gasteiger partial charge in [-0.15, -0.1) is 0 Å². The molecule has 3 N–H and O–H groups in total. The van der Waals surface area contributed by atoms with E-state index in [9.17, 15) is 20.1 Å². The van der Waals surface area contributed by atoms with Crippen LogP contribution in [0.4, 0.5) is 0 Å². The standard InChI is InChI=1S/C10H12O4S/c11-4-6-2-1-3-7(9(6)13)10(14)8(12)5-15/h1-4,8,10,12-15H,5H2. The molecule has 1 rings (SSSR count). The molecule has 0 heterocycles. The number of carbonyl (C=O) groups excluding carboxylic acids is 1. The van der Waals surface area contributed by atoms with Crippen LogP contribution < -0.4 is 0 Å². The maximum absolute atomic E-state index is 10.5. The molecule has 0 bridgehead atoms. The number of carbonyl (C=O) groups is 1. The maximum Gasteiger partial charge on any atom is 0.153 e. The normalized spacial score (nSPS) is 14.6. The highest BCUT2D eigenvalue weighted by molar-refractivity contribution is 7.80. The van der Waals surface area contributed by atoms with Crippen molar-refractivity contribution in [3.05, 3.63) is 29.3 Å². The fourth-order valence-corrected chi connectivity index (χ4v) is 1.42. The summed E-state index contributed by atoms with van der Waals surface area (Å²) in [5, 5.41) is 28.5. The van der Waals surface area contributed by atoms with E-state index < -0.39 is 12.2 Å². The number of phenols is 1. The Kier molecular flexibility index (Phi) is 4.14. The molecule has 5 heteroatoms. The first-order valence-corrected chi connectivity index (χ1v) is 4.99.